The summed E-state index contributed by atoms with van der Waals surface area (Å²) in [5, 5.41) is 3.44. The minimum absolute atomic E-state index is 0.181. The van der Waals surface area contributed by atoms with Gasteiger partial charge in [-0.2, -0.15) is 0 Å². The fraction of sp³-hybridized carbons (Fsp3) is 0.471. The second kappa shape index (κ2) is 7.17. The van der Waals surface area contributed by atoms with Crippen LogP contribution in [0.5, 0.6) is 0 Å². The predicted octanol–water partition coefficient (Wildman–Crippen LogP) is 3.49. The van der Waals surface area contributed by atoms with Crippen LogP contribution in [0, 0.1) is 0 Å². The van der Waals surface area contributed by atoms with Gasteiger partial charge in [0.1, 0.15) is 6.04 Å². The molecule has 24 heavy (non-hydrogen) atoms. The van der Waals surface area contributed by atoms with E-state index in [-0.39, 0.29) is 17.6 Å². The number of nitrogens with one attached hydrogen (secondary N) is 1. The smallest absolute Gasteiger partial charge is 0.290 e. The van der Waals surface area contributed by atoms with Gasteiger partial charge in [0, 0.05) is 17.6 Å². The molecule has 6 nitrogen and oxygen atoms in total. The minimum atomic E-state index is -0.484. The molecule has 1 N–H and O–H groups in total. The zero-order chi connectivity index (χ0) is 17.1. The molecule has 1 unspecified atom stereocenters. The summed E-state index contributed by atoms with van der Waals surface area (Å²) < 4.78 is 5.19. The van der Waals surface area contributed by atoms with Gasteiger partial charge in [-0.3, -0.25) is 9.59 Å². The van der Waals surface area contributed by atoms with Crippen LogP contribution in [-0.4, -0.2) is 34.3 Å². The molecule has 0 saturated carbocycles. The Kier molecular flexibility index (Phi) is 4.99. The van der Waals surface area contributed by atoms with Gasteiger partial charge in [0.2, 0.25) is 5.91 Å². The van der Waals surface area contributed by atoms with Crippen molar-refractivity contribution in [2.45, 2.75) is 45.1 Å². The van der Waals surface area contributed by atoms with Crippen LogP contribution in [0.3, 0.4) is 0 Å². The molecule has 0 aliphatic carbocycles. The monoisotopic (exact) mass is 347 g/mol. The number of nitrogens with zero attached hydrogens (tertiary/aromatic N) is 2. The van der Waals surface area contributed by atoms with E-state index in [0.717, 1.165) is 17.7 Å². The van der Waals surface area contributed by atoms with Crippen LogP contribution in [0.25, 0.3) is 0 Å². The molecule has 0 bridgehead atoms. The van der Waals surface area contributed by atoms with Gasteiger partial charge >= 0.3 is 0 Å². The van der Waals surface area contributed by atoms with Gasteiger partial charge in [0.05, 0.1) is 6.26 Å². The number of carbonyl (C=O) groups is 2. The first-order valence-corrected chi connectivity index (χ1v) is 8.99. The van der Waals surface area contributed by atoms with Crippen LogP contribution in [0.4, 0.5) is 5.13 Å². The fourth-order valence-corrected chi connectivity index (χ4v) is 3.61. The molecule has 0 radical (unpaired) electrons. The molecule has 1 atom stereocenters. The lowest BCUT2D eigenvalue weighted by Gasteiger charge is -2.33. The molecule has 1 aliphatic rings. The Morgan fingerprint density at radius 2 is 2.25 bits per heavy atom. The standard InChI is InChI=1S/C17H21N3O3S/c1-11(2)14-10-18-17(24-14)19-15(21)12-6-3-4-8-20(12)16(22)13-7-5-9-23-13/h5,7,9-12H,3-4,6,8H2,1-2H3,(H,18,19,21). The molecule has 1 fully saturated rings. The van der Waals surface area contributed by atoms with Crippen molar-refractivity contribution in [2.24, 2.45) is 0 Å². The number of thiazole rings is 1. The number of carbonyl (C=O) groups excluding carboxylic acids is 2. The molecule has 0 aromatic carbocycles. The van der Waals surface area contributed by atoms with Crippen LogP contribution >= 0.6 is 11.3 Å². The van der Waals surface area contributed by atoms with Crippen LogP contribution in [-0.2, 0) is 4.79 Å². The lowest BCUT2D eigenvalue weighted by atomic mass is 10.0. The third-order valence-corrected chi connectivity index (χ3v) is 5.33. The molecular weight excluding hydrogens is 326 g/mol. The van der Waals surface area contributed by atoms with Gasteiger partial charge < -0.3 is 14.6 Å². The highest BCUT2D eigenvalue weighted by atomic mass is 32.1. The van der Waals surface area contributed by atoms with E-state index in [9.17, 15) is 9.59 Å². The molecule has 2 aromatic rings. The van der Waals surface area contributed by atoms with E-state index in [2.05, 4.69) is 24.1 Å². The van der Waals surface area contributed by atoms with Gasteiger partial charge in [-0.25, -0.2) is 4.98 Å². The van der Waals surface area contributed by atoms with Crippen molar-refractivity contribution in [3.05, 3.63) is 35.2 Å². The minimum Gasteiger partial charge on any atom is -0.459 e. The lowest BCUT2D eigenvalue weighted by molar-refractivity contribution is -0.121. The summed E-state index contributed by atoms with van der Waals surface area (Å²) in [7, 11) is 0. The van der Waals surface area contributed by atoms with E-state index in [1.807, 2.05) is 0 Å². The Morgan fingerprint density at radius 3 is 2.92 bits per heavy atom. The Labute approximate surface area is 144 Å². The molecule has 1 saturated heterocycles. The van der Waals surface area contributed by atoms with Crippen molar-refractivity contribution < 1.29 is 14.0 Å². The third-order valence-electron chi connectivity index (χ3n) is 4.12. The van der Waals surface area contributed by atoms with E-state index in [4.69, 9.17) is 4.42 Å². The Morgan fingerprint density at radius 1 is 1.42 bits per heavy atom. The highest BCUT2D eigenvalue weighted by molar-refractivity contribution is 7.15. The van der Waals surface area contributed by atoms with Crippen LogP contribution in [0.2, 0.25) is 0 Å². The van der Waals surface area contributed by atoms with Crippen molar-refractivity contribution in [2.75, 3.05) is 11.9 Å². The third kappa shape index (κ3) is 3.51. The number of piperidine rings is 1. The van der Waals surface area contributed by atoms with E-state index in [1.54, 1.807) is 23.2 Å². The maximum Gasteiger partial charge on any atom is 0.290 e. The van der Waals surface area contributed by atoms with Crippen LogP contribution < -0.4 is 5.32 Å². The number of rotatable bonds is 4. The molecule has 7 heteroatoms. The zero-order valence-electron chi connectivity index (χ0n) is 13.8. The number of likely N-dealkylation sites (tertiary alicyclic amines) is 1. The van der Waals surface area contributed by atoms with Gasteiger partial charge in [0.15, 0.2) is 10.9 Å². The first-order chi connectivity index (χ1) is 11.6. The molecule has 1 aliphatic heterocycles. The number of hydrogen-bond donors (Lipinski definition) is 1. The second-order valence-corrected chi connectivity index (χ2v) is 7.26. The SMILES string of the molecule is CC(C)c1cnc(NC(=O)C2CCCCN2C(=O)c2ccco2)s1. The molecule has 2 amide bonds. The number of hydrogen-bond acceptors (Lipinski definition) is 5. The maximum atomic E-state index is 12.7. The van der Waals surface area contributed by atoms with Crippen LogP contribution in [0.1, 0.15) is 54.5 Å². The van der Waals surface area contributed by atoms with Crippen molar-refractivity contribution in [1.29, 1.82) is 0 Å². The molecule has 3 rings (SSSR count). The first-order valence-electron chi connectivity index (χ1n) is 8.17. The highest BCUT2D eigenvalue weighted by Gasteiger charge is 2.34. The molecule has 3 heterocycles. The molecule has 2 aromatic heterocycles. The van der Waals surface area contributed by atoms with E-state index < -0.39 is 6.04 Å². The molecule has 128 valence electrons. The second-order valence-electron chi connectivity index (χ2n) is 6.20. The lowest BCUT2D eigenvalue weighted by Crippen LogP contribution is -2.49. The van der Waals surface area contributed by atoms with Crippen molar-refractivity contribution >= 4 is 28.3 Å². The summed E-state index contributed by atoms with van der Waals surface area (Å²) in [6, 6.07) is 2.82. The summed E-state index contributed by atoms with van der Waals surface area (Å²) in [5.74, 6) is 0.229. The van der Waals surface area contributed by atoms with Crippen LogP contribution in [0.15, 0.2) is 29.0 Å². The van der Waals surface area contributed by atoms with Gasteiger partial charge in [-0.1, -0.05) is 13.8 Å². The number of aromatic nitrogens is 1. The van der Waals surface area contributed by atoms with Crippen molar-refractivity contribution in [3.63, 3.8) is 0 Å². The van der Waals surface area contributed by atoms with Gasteiger partial charge in [-0.05, 0) is 37.3 Å². The Bertz CT molecular complexity index is 708. The zero-order valence-corrected chi connectivity index (χ0v) is 14.6. The van der Waals surface area contributed by atoms with Crippen molar-refractivity contribution in [1.82, 2.24) is 9.88 Å². The van der Waals surface area contributed by atoms with E-state index >= 15 is 0 Å². The predicted molar refractivity (Wildman–Crippen MR) is 92.2 cm³/mol. The average Bonchev–Trinajstić information content (AvgIpc) is 3.26. The van der Waals surface area contributed by atoms with E-state index in [1.165, 1.54) is 17.6 Å². The number of anilines is 1. The summed E-state index contributed by atoms with van der Waals surface area (Å²) in [4.78, 5) is 32.2. The normalized spacial score (nSPS) is 18.0. The topological polar surface area (TPSA) is 75.4 Å². The molecule has 0 spiro atoms. The highest BCUT2D eigenvalue weighted by Crippen LogP contribution is 2.26. The summed E-state index contributed by atoms with van der Waals surface area (Å²) in [5.41, 5.74) is 0. The molecular formula is C17H21N3O3S. The fourth-order valence-electron chi connectivity index (χ4n) is 2.79. The summed E-state index contributed by atoms with van der Waals surface area (Å²) >= 11 is 1.48. The average molecular weight is 347 g/mol. The van der Waals surface area contributed by atoms with Gasteiger partial charge in [0.25, 0.3) is 5.91 Å². The van der Waals surface area contributed by atoms with Gasteiger partial charge in [-0.15, -0.1) is 11.3 Å². The first kappa shape index (κ1) is 16.7. The number of furan rings is 1. The largest absolute Gasteiger partial charge is 0.459 e. The Balaban J connectivity index is 1.72. The number of amides is 2. The van der Waals surface area contributed by atoms with E-state index in [0.29, 0.717) is 24.0 Å². The quantitative estimate of drug-likeness (QED) is 0.918. The maximum absolute atomic E-state index is 12.7. The Hall–Kier alpha value is -2.15. The summed E-state index contributed by atoms with van der Waals surface area (Å²) in [6.45, 7) is 4.74. The van der Waals surface area contributed by atoms with Crippen molar-refractivity contribution in [3.8, 4) is 0 Å². The summed E-state index contributed by atoms with van der Waals surface area (Å²) in [6.07, 6.45) is 5.73.